The Morgan fingerprint density at radius 1 is 1.00 bits per heavy atom. The van der Waals surface area contributed by atoms with Crippen molar-refractivity contribution in [3.05, 3.63) is 89.1 Å². The van der Waals surface area contributed by atoms with Gasteiger partial charge in [-0.05, 0) is 87.8 Å². The average molecular weight is 643 g/mol. The monoisotopic (exact) mass is 642 g/mol. The molecule has 0 unspecified atom stereocenters. The maximum Gasteiger partial charge on any atom is 0.264 e. The van der Waals surface area contributed by atoms with Gasteiger partial charge in [0.05, 0.1) is 35.6 Å². The molecule has 1 aliphatic heterocycles. The molecule has 10 nitrogen and oxygen atoms in total. The molecule has 4 aromatic rings. The molecule has 242 valence electrons. The fourth-order valence-electron chi connectivity index (χ4n) is 5.83. The number of nitrogens with zero attached hydrogens (tertiary/aromatic N) is 5. The van der Waals surface area contributed by atoms with Crippen LogP contribution in [0.15, 0.2) is 65.8 Å². The van der Waals surface area contributed by atoms with Crippen molar-refractivity contribution in [1.82, 2.24) is 24.8 Å². The molecule has 0 saturated carbocycles. The molecule has 5 rings (SSSR count). The van der Waals surface area contributed by atoms with Crippen LogP contribution in [-0.4, -0.2) is 51.3 Å². The smallest absolute Gasteiger partial charge is 0.264 e. The molecule has 46 heavy (non-hydrogen) atoms. The maximum absolute atomic E-state index is 14.3. The van der Waals surface area contributed by atoms with Crippen molar-refractivity contribution < 1.29 is 17.9 Å². The van der Waals surface area contributed by atoms with Crippen LogP contribution < -0.4 is 9.46 Å². The normalized spacial score (nSPS) is 16.7. The van der Waals surface area contributed by atoms with Gasteiger partial charge in [0, 0.05) is 22.9 Å². The first-order valence-electron chi connectivity index (χ1n) is 15.5. The Labute approximate surface area is 271 Å². The number of benzene rings is 2. The Morgan fingerprint density at radius 2 is 1.67 bits per heavy atom. The first-order chi connectivity index (χ1) is 21.7. The molecule has 11 heteroatoms. The highest BCUT2D eigenvalue weighted by atomic mass is 32.2. The number of carbonyl (C=O) groups is 1. The summed E-state index contributed by atoms with van der Waals surface area (Å²) in [5.74, 6) is 0.698. The van der Waals surface area contributed by atoms with Gasteiger partial charge in [0.25, 0.3) is 15.9 Å². The van der Waals surface area contributed by atoms with Crippen LogP contribution >= 0.6 is 0 Å². The summed E-state index contributed by atoms with van der Waals surface area (Å²) in [6, 6.07) is 13.8. The number of sulfonamides is 1. The summed E-state index contributed by atoms with van der Waals surface area (Å²) in [4.78, 5) is 34.4. The van der Waals surface area contributed by atoms with E-state index in [-0.39, 0.29) is 46.4 Å². The van der Waals surface area contributed by atoms with E-state index in [9.17, 15) is 13.2 Å². The van der Waals surface area contributed by atoms with Gasteiger partial charge in [-0.3, -0.25) is 4.79 Å². The van der Waals surface area contributed by atoms with Crippen molar-refractivity contribution in [2.24, 2.45) is 5.41 Å². The number of carbonyl (C=O) groups excluding carboxylic acids is 1. The third-order valence-electron chi connectivity index (χ3n) is 7.78. The average Bonchev–Trinajstić information content (AvgIpc) is 2.97. The molecule has 0 radical (unpaired) electrons. The van der Waals surface area contributed by atoms with Gasteiger partial charge < -0.3 is 9.64 Å². The molecule has 2 aromatic carbocycles. The zero-order valence-electron chi connectivity index (χ0n) is 27.5. The molecule has 0 aliphatic carbocycles. The maximum atomic E-state index is 14.3. The van der Waals surface area contributed by atoms with Gasteiger partial charge in [-0.25, -0.2) is 33.1 Å². The van der Waals surface area contributed by atoms with Crippen LogP contribution in [0.3, 0.4) is 0 Å². The Balaban J connectivity index is 1.64. The molecule has 1 aliphatic rings. The fraction of sp³-hybridized carbons (Fsp3) is 0.400. The summed E-state index contributed by atoms with van der Waals surface area (Å²) < 4.78 is 35.6. The minimum atomic E-state index is -4.12. The number of hydrogen-bond donors (Lipinski definition) is 1. The Bertz CT molecular complexity index is 1810. The lowest BCUT2D eigenvalue weighted by Gasteiger charge is -2.36. The lowest BCUT2D eigenvalue weighted by molar-refractivity contribution is 0.0588. The SMILES string of the molecule is Cc1cccc(C)c1-c1cc2nc(n1)NS(=O)(=O)c1cccc(c1)C(=O)N(Cc1ncc(OC(C)C)cn1)[C@H](CC(C)(C)C)CC2. The molecule has 0 fully saturated rings. The zero-order valence-corrected chi connectivity index (χ0v) is 28.4. The lowest BCUT2D eigenvalue weighted by atomic mass is 9.85. The molecule has 4 bridgehead atoms. The number of aryl methyl sites for hydroxylation is 3. The van der Waals surface area contributed by atoms with Crippen molar-refractivity contribution in [3.63, 3.8) is 0 Å². The van der Waals surface area contributed by atoms with Crippen molar-refractivity contribution in [2.75, 3.05) is 4.72 Å². The topological polar surface area (TPSA) is 127 Å². The second kappa shape index (κ2) is 13.2. The molecule has 1 atom stereocenters. The highest BCUT2D eigenvalue weighted by molar-refractivity contribution is 7.92. The number of fused-ring (bicyclic) bond motifs is 4. The summed E-state index contributed by atoms with van der Waals surface area (Å²) in [7, 11) is -4.12. The standard InChI is InChI=1S/C35H42N6O4S/c1-22(2)45-28-19-36-31(37-20-28)21-41-27(18-35(5,6)7)15-14-26-17-30(32-23(3)10-8-11-24(32)4)39-34(38-26)40-46(43,44)29-13-9-12-25(16-29)33(41)42/h8-13,16-17,19-20,22,27H,14-15,18,21H2,1-7H3,(H,38,39,40)/t27-/m0/s1. The molecule has 0 saturated heterocycles. The van der Waals surface area contributed by atoms with Crippen molar-refractivity contribution in [2.45, 2.75) is 91.3 Å². The number of aromatic nitrogens is 4. The highest BCUT2D eigenvalue weighted by Gasteiger charge is 2.31. The lowest BCUT2D eigenvalue weighted by Crippen LogP contribution is -2.42. The highest BCUT2D eigenvalue weighted by Crippen LogP contribution is 2.31. The minimum Gasteiger partial charge on any atom is -0.488 e. The largest absolute Gasteiger partial charge is 0.488 e. The van der Waals surface area contributed by atoms with E-state index in [1.165, 1.54) is 12.1 Å². The molecular weight excluding hydrogens is 600 g/mol. The van der Waals surface area contributed by atoms with Crippen LogP contribution in [0.2, 0.25) is 0 Å². The summed E-state index contributed by atoms with van der Waals surface area (Å²) in [5.41, 5.74) is 4.42. The Morgan fingerprint density at radius 3 is 2.33 bits per heavy atom. The van der Waals surface area contributed by atoms with E-state index < -0.39 is 10.0 Å². The predicted molar refractivity (Wildman–Crippen MR) is 178 cm³/mol. The van der Waals surface area contributed by atoms with E-state index in [1.807, 2.05) is 52.0 Å². The van der Waals surface area contributed by atoms with Gasteiger partial charge in [0.1, 0.15) is 5.82 Å². The second-order valence-corrected chi connectivity index (χ2v) is 15.0. The summed E-state index contributed by atoms with van der Waals surface area (Å²) in [6.45, 7) is 14.4. The zero-order chi connectivity index (χ0) is 33.2. The quantitative estimate of drug-likeness (QED) is 0.252. The predicted octanol–water partition coefficient (Wildman–Crippen LogP) is 6.53. The van der Waals surface area contributed by atoms with Gasteiger partial charge in [0.15, 0.2) is 5.75 Å². The van der Waals surface area contributed by atoms with Crippen molar-refractivity contribution >= 4 is 21.9 Å². The van der Waals surface area contributed by atoms with Gasteiger partial charge in [0.2, 0.25) is 5.95 Å². The van der Waals surface area contributed by atoms with Crippen LogP contribution in [0.5, 0.6) is 5.75 Å². The van der Waals surface area contributed by atoms with Crippen LogP contribution in [0, 0.1) is 19.3 Å². The summed E-state index contributed by atoms with van der Waals surface area (Å²) >= 11 is 0. The minimum absolute atomic E-state index is 0.00698. The third kappa shape index (κ3) is 7.88. The fourth-order valence-corrected chi connectivity index (χ4v) is 6.81. The van der Waals surface area contributed by atoms with E-state index in [4.69, 9.17) is 4.74 Å². The summed E-state index contributed by atoms with van der Waals surface area (Å²) in [6.07, 6.45) is 4.95. The molecule has 1 N–H and O–H groups in total. The second-order valence-electron chi connectivity index (χ2n) is 13.4. The summed E-state index contributed by atoms with van der Waals surface area (Å²) in [5, 5.41) is 0. The molecular formula is C35H42N6O4S. The Hall–Kier alpha value is -4.38. The van der Waals surface area contributed by atoms with Crippen LogP contribution in [0.25, 0.3) is 11.3 Å². The van der Waals surface area contributed by atoms with E-state index >= 15 is 0 Å². The van der Waals surface area contributed by atoms with Crippen LogP contribution in [-0.2, 0) is 23.0 Å². The number of hydrogen-bond acceptors (Lipinski definition) is 8. The van der Waals surface area contributed by atoms with E-state index in [2.05, 4.69) is 45.4 Å². The van der Waals surface area contributed by atoms with Gasteiger partial charge in [-0.2, -0.15) is 0 Å². The number of rotatable bonds is 6. The number of anilines is 1. The first-order valence-corrected chi connectivity index (χ1v) is 17.0. The van der Waals surface area contributed by atoms with Gasteiger partial charge in [-0.1, -0.05) is 45.0 Å². The van der Waals surface area contributed by atoms with E-state index in [0.717, 1.165) is 16.7 Å². The molecule has 2 aromatic heterocycles. The third-order valence-corrected chi connectivity index (χ3v) is 9.11. The molecule has 1 amide bonds. The van der Waals surface area contributed by atoms with Gasteiger partial charge >= 0.3 is 0 Å². The molecule has 0 spiro atoms. The van der Waals surface area contributed by atoms with E-state index in [1.54, 1.807) is 29.4 Å². The van der Waals surface area contributed by atoms with Crippen molar-refractivity contribution in [1.29, 1.82) is 0 Å². The van der Waals surface area contributed by atoms with Crippen molar-refractivity contribution in [3.8, 4) is 17.0 Å². The van der Waals surface area contributed by atoms with Gasteiger partial charge in [-0.15, -0.1) is 0 Å². The van der Waals surface area contributed by atoms with Crippen LogP contribution in [0.4, 0.5) is 5.95 Å². The number of nitrogens with one attached hydrogen (secondary N) is 1. The van der Waals surface area contributed by atoms with Crippen LogP contribution in [0.1, 0.15) is 80.5 Å². The first kappa shape index (κ1) is 33.0. The molecule has 3 heterocycles. The van der Waals surface area contributed by atoms with E-state index in [0.29, 0.717) is 42.2 Å². The number of ether oxygens (including phenoxy) is 1. The Kier molecular flexibility index (Phi) is 9.44. The number of amides is 1.